The van der Waals surface area contributed by atoms with Crippen molar-refractivity contribution in [3.05, 3.63) is 90.0 Å². The topological polar surface area (TPSA) is 76.0 Å². The summed E-state index contributed by atoms with van der Waals surface area (Å²) in [4.78, 5) is 27.9. The van der Waals surface area contributed by atoms with Crippen LogP contribution in [0.4, 0.5) is 8.78 Å². The van der Waals surface area contributed by atoms with Crippen molar-refractivity contribution in [2.75, 3.05) is 0 Å². The van der Waals surface area contributed by atoms with Crippen molar-refractivity contribution < 1.29 is 18.4 Å². The van der Waals surface area contributed by atoms with Crippen LogP contribution in [0, 0.1) is 11.6 Å². The Morgan fingerprint density at radius 3 is 2.48 bits per heavy atom. The molecule has 3 rings (SSSR count). The summed E-state index contributed by atoms with van der Waals surface area (Å²) >= 11 is 0. The summed E-state index contributed by atoms with van der Waals surface area (Å²) in [6.07, 6.45) is 5.08. The molecule has 0 atom stereocenters. The van der Waals surface area contributed by atoms with Crippen LogP contribution in [0.2, 0.25) is 0 Å². The molecule has 2 N–H and O–H groups in total. The van der Waals surface area contributed by atoms with Gasteiger partial charge in [0.2, 0.25) is 0 Å². The molecule has 1 heterocycles. The predicted molar refractivity (Wildman–Crippen MR) is 94.6 cm³/mol. The molecule has 1 aromatic heterocycles. The summed E-state index contributed by atoms with van der Waals surface area (Å²) in [7, 11) is 0. The standard InChI is InChI=1S/C19H14F2N4O2/c20-14-6-8-15(9-7-14)25-12-22-11-17(25)19(27)24-23-18(26)10-5-13-3-1-2-4-16(13)21/h1-12H,(H,23,26)(H,24,27)/b10-5+. The van der Waals surface area contributed by atoms with Gasteiger partial charge in [-0.25, -0.2) is 13.8 Å². The molecule has 3 aromatic rings. The van der Waals surface area contributed by atoms with Gasteiger partial charge in [-0.05, 0) is 36.4 Å². The third kappa shape index (κ3) is 4.43. The SMILES string of the molecule is O=C(/C=C/c1ccccc1F)NNC(=O)c1cncn1-c1ccc(F)cc1. The van der Waals surface area contributed by atoms with E-state index in [0.29, 0.717) is 5.69 Å². The molecule has 0 aliphatic heterocycles. The minimum absolute atomic E-state index is 0.139. The highest BCUT2D eigenvalue weighted by molar-refractivity contribution is 5.97. The van der Waals surface area contributed by atoms with Crippen LogP contribution in [0.5, 0.6) is 0 Å². The number of rotatable bonds is 4. The summed E-state index contributed by atoms with van der Waals surface area (Å²) in [6.45, 7) is 0. The second-order valence-corrected chi connectivity index (χ2v) is 5.42. The monoisotopic (exact) mass is 368 g/mol. The molecule has 0 spiro atoms. The number of carbonyl (C=O) groups excluding carboxylic acids is 2. The Morgan fingerprint density at radius 2 is 1.74 bits per heavy atom. The molecular weight excluding hydrogens is 354 g/mol. The van der Waals surface area contributed by atoms with Crippen LogP contribution in [0.3, 0.4) is 0 Å². The molecule has 0 fully saturated rings. The maximum atomic E-state index is 13.5. The van der Waals surface area contributed by atoms with Crippen molar-refractivity contribution in [1.29, 1.82) is 0 Å². The molecule has 2 amide bonds. The lowest BCUT2D eigenvalue weighted by molar-refractivity contribution is -0.117. The van der Waals surface area contributed by atoms with Gasteiger partial charge < -0.3 is 0 Å². The Balaban J connectivity index is 1.63. The van der Waals surface area contributed by atoms with Gasteiger partial charge in [0.05, 0.1) is 12.5 Å². The molecule has 2 aromatic carbocycles. The Hall–Kier alpha value is -3.81. The van der Waals surface area contributed by atoms with Gasteiger partial charge in [-0.2, -0.15) is 0 Å². The van der Waals surface area contributed by atoms with Gasteiger partial charge in [-0.3, -0.25) is 25.0 Å². The van der Waals surface area contributed by atoms with E-state index in [4.69, 9.17) is 0 Å². The first kappa shape index (κ1) is 18.0. The fourth-order valence-corrected chi connectivity index (χ4v) is 2.27. The summed E-state index contributed by atoms with van der Waals surface area (Å²) in [5, 5.41) is 0. The average Bonchev–Trinajstić information content (AvgIpc) is 3.16. The Labute approximate surface area is 153 Å². The number of hydrogen-bond donors (Lipinski definition) is 2. The Morgan fingerprint density at radius 1 is 1.00 bits per heavy atom. The lowest BCUT2D eigenvalue weighted by atomic mass is 10.2. The average molecular weight is 368 g/mol. The van der Waals surface area contributed by atoms with Crippen molar-refractivity contribution >= 4 is 17.9 Å². The molecular formula is C19H14F2N4O2. The highest BCUT2D eigenvalue weighted by Crippen LogP contribution is 2.12. The first-order valence-electron chi connectivity index (χ1n) is 7.86. The molecule has 0 saturated heterocycles. The Bertz CT molecular complexity index is 997. The van der Waals surface area contributed by atoms with E-state index in [1.54, 1.807) is 6.07 Å². The van der Waals surface area contributed by atoms with E-state index in [9.17, 15) is 18.4 Å². The van der Waals surface area contributed by atoms with Gasteiger partial charge in [0.1, 0.15) is 17.3 Å². The number of nitrogens with one attached hydrogen (secondary N) is 2. The van der Waals surface area contributed by atoms with E-state index in [1.165, 1.54) is 65.6 Å². The van der Waals surface area contributed by atoms with Gasteiger partial charge in [-0.15, -0.1) is 0 Å². The molecule has 0 bridgehead atoms. The number of aromatic nitrogens is 2. The zero-order chi connectivity index (χ0) is 19.2. The molecule has 6 nitrogen and oxygen atoms in total. The van der Waals surface area contributed by atoms with E-state index in [-0.39, 0.29) is 11.3 Å². The van der Waals surface area contributed by atoms with Crippen molar-refractivity contribution in [3.8, 4) is 5.69 Å². The van der Waals surface area contributed by atoms with Crippen LogP contribution in [-0.2, 0) is 4.79 Å². The molecule has 8 heteroatoms. The van der Waals surface area contributed by atoms with Crippen molar-refractivity contribution in [1.82, 2.24) is 20.4 Å². The molecule has 0 saturated carbocycles. The molecule has 0 aliphatic carbocycles. The van der Waals surface area contributed by atoms with E-state index in [0.717, 1.165) is 6.08 Å². The summed E-state index contributed by atoms with van der Waals surface area (Å²) < 4.78 is 28.0. The number of amides is 2. The second-order valence-electron chi connectivity index (χ2n) is 5.42. The zero-order valence-corrected chi connectivity index (χ0v) is 13.9. The molecule has 136 valence electrons. The summed E-state index contributed by atoms with van der Waals surface area (Å²) in [5.41, 5.74) is 5.35. The summed E-state index contributed by atoms with van der Waals surface area (Å²) in [5.74, 6) is -2.13. The van der Waals surface area contributed by atoms with Crippen LogP contribution in [-0.4, -0.2) is 21.4 Å². The maximum absolute atomic E-state index is 13.5. The lowest BCUT2D eigenvalue weighted by Crippen LogP contribution is -2.41. The fraction of sp³-hybridized carbons (Fsp3) is 0. The van der Waals surface area contributed by atoms with Crippen LogP contribution in [0.1, 0.15) is 16.1 Å². The van der Waals surface area contributed by atoms with Gasteiger partial charge in [0.25, 0.3) is 11.8 Å². The maximum Gasteiger partial charge on any atom is 0.288 e. The van der Waals surface area contributed by atoms with Gasteiger partial charge in [0, 0.05) is 17.3 Å². The van der Waals surface area contributed by atoms with Crippen molar-refractivity contribution in [2.24, 2.45) is 0 Å². The fourth-order valence-electron chi connectivity index (χ4n) is 2.27. The third-order valence-electron chi connectivity index (χ3n) is 3.59. The minimum Gasteiger partial charge on any atom is -0.295 e. The highest BCUT2D eigenvalue weighted by atomic mass is 19.1. The first-order valence-corrected chi connectivity index (χ1v) is 7.86. The third-order valence-corrected chi connectivity index (χ3v) is 3.59. The number of hydrogen-bond acceptors (Lipinski definition) is 3. The number of imidazole rings is 1. The Kier molecular flexibility index (Phi) is 5.36. The van der Waals surface area contributed by atoms with Crippen LogP contribution in [0.15, 0.2) is 67.1 Å². The molecule has 27 heavy (non-hydrogen) atoms. The number of benzene rings is 2. The van der Waals surface area contributed by atoms with Crippen molar-refractivity contribution in [3.63, 3.8) is 0 Å². The van der Waals surface area contributed by atoms with Gasteiger partial charge in [-0.1, -0.05) is 18.2 Å². The minimum atomic E-state index is -0.639. The van der Waals surface area contributed by atoms with Crippen molar-refractivity contribution in [2.45, 2.75) is 0 Å². The first-order chi connectivity index (χ1) is 13.0. The van der Waals surface area contributed by atoms with Crippen LogP contribution < -0.4 is 10.9 Å². The molecule has 0 unspecified atom stereocenters. The molecule has 0 radical (unpaired) electrons. The quantitative estimate of drug-likeness (QED) is 0.549. The van der Waals surface area contributed by atoms with Crippen LogP contribution >= 0.6 is 0 Å². The normalized spacial score (nSPS) is 10.7. The smallest absolute Gasteiger partial charge is 0.288 e. The van der Waals surface area contributed by atoms with Gasteiger partial charge >= 0.3 is 0 Å². The molecule has 0 aliphatic rings. The number of halogens is 2. The zero-order valence-electron chi connectivity index (χ0n) is 13.9. The highest BCUT2D eigenvalue weighted by Gasteiger charge is 2.13. The largest absolute Gasteiger partial charge is 0.295 e. The number of hydrazine groups is 1. The second kappa shape index (κ2) is 8.05. The van der Waals surface area contributed by atoms with E-state index >= 15 is 0 Å². The van der Waals surface area contributed by atoms with E-state index in [1.807, 2.05) is 0 Å². The lowest BCUT2D eigenvalue weighted by Gasteiger charge is -2.09. The number of nitrogens with zero attached hydrogens (tertiary/aromatic N) is 2. The number of carbonyl (C=O) groups is 2. The van der Waals surface area contributed by atoms with E-state index < -0.39 is 23.4 Å². The van der Waals surface area contributed by atoms with Crippen LogP contribution in [0.25, 0.3) is 11.8 Å². The van der Waals surface area contributed by atoms with Gasteiger partial charge in [0.15, 0.2) is 0 Å². The van der Waals surface area contributed by atoms with E-state index in [2.05, 4.69) is 15.8 Å². The predicted octanol–water partition coefficient (Wildman–Crippen LogP) is 2.62. The summed E-state index contributed by atoms with van der Waals surface area (Å²) in [6, 6.07) is 11.5.